The van der Waals surface area contributed by atoms with Gasteiger partial charge >= 0.3 is 0 Å². The summed E-state index contributed by atoms with van der Waals surface area (Å²) in [6.07, 6.45) is 0. The number of benzene rings is 2. The first-order valence-corrected chi connectivity index (χ1v) is 8.27. The SMILES string of the molecule is O=S(=O)(NCc1ccccc1O)c1cccc2c1N=S=N2. The highest BCUT2D eigenvalue weighted by Crippen LogP contribution is 2.37. The minimum absolute atomic E-state index is 0.00294. The van der Waals surface area contributed by atoms with Crippen LogP contribution >= 0.6 is 0 Å². The van der Waals surface area contributed by atoms with Crippen molar-refractivity contribution in [3.05, 3.63) is 48.0 Å². The molecular weight excluding hydrogens is 310 g/mol. The first kappa shape index (κ1) is 13.9. The Morgan fingerprint density at radius 1 is 1.10 bits per heavy atom. The summed E-state index contributed by atoms with van der Waals surface area (Å²) in [6.45, 7) is 0.00294. The van der Waals surface area contributed by atoms with Gasteiger partial charge in [0.05, 0.1) is 11.4 Å². The van der Waals surface area contributed by atoms with Crippen LogP contribution in [-0.4, -0.2) is 13.5 Å². The van der Waals surface area contributed by atoms with Crippen LogP contribution in [0.1, 0.15) is 5.56 Å². The smallest absolute Gasteiger partial charge is 0.243 e. The summed E-state index contributed by atoms with van der Waals surface area (Å²) >= 11 is 0.968. The maximum atomic E-state index is 12.4. The number of phenolic OH excluding ortho intramolecular Hbond substituents is 1. The van der Waals surface area contributed by atoms with E-state index in [0.29, 0.717) is 16.9 Å². The monoisotopic (exact) mass is 321 g/mol. The van der Waals surface area contributed by atoms with Crippen LogP contribution in [-0.2, 0) is 27.9 Å². The molecule has 21 heavy (non-hydrogen) atoms. The number of aromatic hydroxyl groups is 1. The Balaban J connectivity index is 1.88. The topological polar surface area (TPSA) is 91.1 Å². The highest BCUT2D eigenvalue weighted by molar-refractivity contribution is 7.89. The van der Waals surface area contributed by atoms with Crippen LogP contribution in [0.4, 0.5) is 11.4 Å². The number of nitrogens with one attached hydrogen (secondary N) is 1. The van der Waals surface area contributed by atoms with Gasteiger partial charge in [-0.1, -0.05) is 24.3 Å². The van der Waals surface area contributed by atoms with Crippen molar-refractivity contribution in [1.82, 2.24) is 4.72 Å². The lowest BCUT2D eigenvalue weighted by molar-refractivity contribution is 0.467. The number of fused-ring (bicyclic) bond motifs is 1. The summed E-state index contributed by atoms with van der Waals surface area (Å²) in [6, 6.07) is 11.4. The molecule has 0 amide bonds. The van der Waals surface area contributed by atoms with E-state index in [9.17, 15) is 13.5 Å². The molecule has 2 aromatic rings. The van der Waals surface area contributed by atoms with Gasteiger partial charge in [0.25, 0.3) is 0 Å². The standard InChI is InChI=1S/C13H11N3O3S2/c17-11-6-2-1-4-9(11)8-14-21(18,19)12-7-3-5-10-13(12)16-20-15-10/h1-7,14,17H,8H2. The third kappa shape index (κ3) is 2.73. The lowest BCUT2D eigenvalue weighted by atomic mass is 10.2. The van der Waals surface area contributed by atoms with E-state index in [1.54, 1.807) is 30.3 Å². The number of sulfonamides is 1. The largest absolute Gasteiger partial charge is 0.508 e. The quantitative estimate of drug-likeness (QED) is 0.773. The molecule has 0 spiro atoms. The van der Waals surface area contributed by atoms with Gasteiger partial charge in [-0.3, -0.25) is 0 Å². The Labute approximate surface area is 125 Å². The molecule has 0 saturated heterocycles. The number of hydrogen-bond donors (Lipinski definition) is 2. The maximum absolute atomic E-state index is 12.4. The minimum Gasteiger partial charge on any atom is -0.508 e. The van der Waals surface area contributed by atoms with Crippen LogP contribution in [0.2, 0.25) is 0 Å². The molecule has 1 aliphatic heterocycles. The molecule has 8 heteroatoms. The molecule has 0 bridgehead atoms. The van der Waals surface area contributed by atoms with Crippen molar-refractivity contribution in [3.8, 4) is 5.75 Å². The van der Waals surface area contributed by atoms with Crippen LogP contribution in [0, 0.1) is 0 Å². The molecule has 0 saturated carbocycles. The lowest BCUT2D eigenvalue weighted by Gasteiger charge is -2.09. The number of phenols is 1. The van der Waals surface area contributed by atoms with Gasteiger partial charge in [-0.2, -0.15) is 8.73 Å². The van der Waals surface area contributed by atoms with Gasteiger partial charge in [0.1, 0.15) is 22.0 Å². The van der Waals surface area contributed by atoms with Crippen molar-refractivity contribution >= 4 is 32.8 Å². The lowest BCUT2D eigenvalue weighted by Crippen LogP contribution is -2.23. The first-order chi connectivity index (χ1) is 10.1. The van der Waals surface area contributed by atoms with Gasteiger partial charge in [-0.15, -0.1) is 0 Å². The number of hydrogen-bond acceptors (Lipinski definition) is 5. The average molecular weight is 321 g/mol. The molecule has 0 unspecified atom stereocenters. The molecular formula is C13H11N3O3S2. The van der Waals surface area contributed by atoms with Crippen molar-refractivity contribution in [2.24, 2.45) is 8.73 Å². The molecule has 0 aromatic heterocycles. The molecule has 2 aromatic carbocycles. The van der Waals surface area contributed by atoms with E-state index in [1.165, 1.54) is 12.1 Å². The summed E-state index contributed by atoms with van der Waals surface area (Å²) in [7, 11) is -3.73. The van der Waals surface area contributed by atoms with Gasteiger partial charge in [0, 0.05) is 12.1 Å². The first-order valence-electron chi connectivity index (χ1n) is 6.06. The number of nitrogens with zero attached hydrogens (tertiary/aromatic N) is 2. The summed E-state index contributed by atoms with van der Waals surface area (Å²) in [4.78, 5) is 0.0872. The molecule has 2 N–H and O–H groups in total. The molecule has 0 radical (unpaired) electrons. The van der Waals surface area contributed by atoms with E-state index < -0.39 is 10.0 Å². The fourth-order valence-corrected chi connectivity index (χ4v) is 3.68. The third-order valence-electron chi connectivity index (χ3n) is 2.98. The molecule has 108 valence electrons. The van der Waals surface area contributed by atoms with Gasteiger partial charge in [0.15, 0.2) is 0 Å². The Hall–Kier alpha value is -2.03. The third-order valence-corrected chi connectivity index (χ3v) is 4.96. The summed E-state index contributed by atoms with van der Waals surface area (Å²) in [5.74, 6) is 0.0498. The van der Waals surface area contributed by atoms with Crippen LogP contribution in [0.15, 0.2) is 56.1 Å². The Bertz CT molecular complexity index is 872. The molecule has 1 aliphatic rings. The zero-order chi connectivity index (χ0) is 14.9. The minimum atomic E-state index is -3.73. The van der Waals surface area contributed by atoms with Crippen molar-refractivity contribution in [1.29, 1.82) is 0 Å². The second-order valence-electron chi connectivity index (χ2n) is 4.34. The van der Waals surface area contributed by atoms with Crippen molar-refractivity contribution in [2.75, 3.05) is 0 Å². The van der Waals surface area contributed by atoms with Crippen LogP contribution in [0.5, 0.6) is 5.75 Å². The molecule has 6 nitrogen and oxygen atoms in total. The van der Waals surface area contributed by atoms with Crippen molar-refractivity contribution in [3.63, 3.8) is 0 Å². The Morgan fingerprint density at radius 3 is 2.71 bits per heavy atom. The fraction of sp³-hybridized carbons (Fsp3) is 0.0769. The van der Waals surface area contributed by atoms with Crippen molar-refractivity contribution in [2.45, 2.75) is 11.4 Å². The molecule has 1 heterocycles. The van der Waals surface area contributed by atoms with Crippen LogP contribution in [0.25, 0.3) is 0 Å². The summed E-state index contributed by atoms with van der Waals surface area (Å²) in [5, 5.41) is 9.66. The van der Waals surface area contributed by atoms with Gasteiger partial charge in [-0.25, -0.2) is 13.1 Å². The fourth-order valence-electron chi connectivity index (χ4n) is 1.91. The van der Waals surface area contributed by atoms with Crippen LogP contribution < -0.4 is 4.72 Å². The van der Waals surface area contributed by atoms with E-state index in [4.69, 9.17) is 0 Å². The molecule has 0 fully saturated rings. The second-order valence-corrected chi connectivity index (χ2v) is 6.61. The predicted octanol–water partition coefficient (Wildman–Crippen LogP) is 2.60. The van der Waals surface area contributed by atoms with E-state index in [1.807, 2.05) is 0 Å². The zero-order valence-electron chi connectivity index (χ0n) is 10.7. The normalized spacial score (nSPS) is 13.0. The number of rotatable bonds is 4. The van der Waals surface area contributed by atoms with E-state index in [0.717, 1.165) is 11.4 Å². The second kappa shape index (κ2) is 5.40. The highest BCUT2D eigenvalue weighted by Gasteiger charge is 2.22. The summed E-state index contributed by atoms with van der Waals surface area (Å²) < 4.78 is 35.3. The average Bonchev–Trinajstić information content (AvgIpc) is 2.94. The van der Waals surface area contributed by atoms with Gasteiger partial charge < -0.3 is 5.11 Å². The van der Waals surface area contributed by atoms with E-state index >= 15 is 0 Å². The zero-order valence-corrected chi connectivity index (χ0v) is 12.4. The summed E-state index contributed by atoms with van der Waals surface area (Å²) in [5.41, 5.74) is 1.40. The van der Waals surface area contributed by atoms with Crippen LogP contribution in [0.3, 0.4) is 0 Å². The van der Waals surface area contributed by atoms with Gasteiger partial charge in [0.2, 0.25) is 10.0 Å². The Morgan fingerprint density at radius 2 is 1.90 bits per heavy atom. The highest BCUT2D eigenvalue weighted by atomic mass is 32.2. The maximum Gasteiger partial charge on any atom is 0.243 e. The van der Waals surface area contributed by atoms with Crippen molar-refractivity contribution < 1.29 is 13.5 Å². The molecule has 0 atom stereocenters. The molecule has 3 rings (SSSR count). The Kier molecular flexibility index (Phi) is 3.58. The number of para-hydroxylation sites is 1. The molecule has 0 aliphatic carbocycles. The van der Waals surface area contributed by atoms with E-state index in [-0.39, 0.29) is 17.2 Å². The predicted molar refractivity (Wildman–Crippen MR) is 80.1 cm³/mol. The van der Waals surface area contributed by atoms with E-state index in [2.05, 4.69) is 13.4 Å². The van der Waals surface area contributed by atoms with Gasteiger partial charge in [-0.05, 0) is 18.2 Å².